The van der Waals surface area contributed by atoms with E-state index in [2.05, 4.69) is 10.3 Å². The number of thiophene rings is 1. The van der Waals surface area contributed by atoms with E-state index in [0.717, 1.165) is 16.6 Å². The lowest BCUT2D eigenvalue weighted by Gasteiger charge is -2.25. The minimum Gasteiger partial charge on any atom is -0.298 e. The molecule has 1 aromatic carbocycles. The van der Waals surface area contributed by atoms with Crippen molar-refractivity contribution >= 4 is 43.7 Å². The van der Waals surface area contributed by atoms with E-state index >= 15 is 0 Å². The molecule has 0 bridgehead atoms. The quantitative estimate of drug-likeness (QED) is 0.698. The minimum absolute atomic E-state index is 0.109. The molecule has 1 amide bonds. The number of thiazole rings is 1. The molecule has 3 heterocycles. The van der Waals surface area contributed by atoms with Crippen molar-refractivity contribution < 1.29 is 17.6 Å². The molecule has 0 radical (unpaired) electrons. The number of hydrogen-bond acceptors (Lipinski definition) is 6. The Morgan fingerprint density at radius 1 is 1.26 bits per heavy atom. The number of amides is 1. The molecule has 0 spiro atoms. The number of halogens is 1. The summed E-state index contributed by atoms with van der Waals surface area (Å²) in [5.41, 5.74) is 1.32. The number of fused-ring (bicyclic) bond motifs is 1. The highest BCUT2D eigenvalue weighted by atomic mass is 32.2. The zero-order valence-corrected chi connectivity index (χ0v) is 16.3. The van der Waals surface area contributed by atoms with Crippen molar-refractivity contribution in [2.75, 3.05) is 11.9 Å². The lowest BCUT2D eigenvalue weighted by molar-refractivity contribution is 0.102. The Kier molecular flexibility index (Phi) is 4.81. The van der Waals surface area contributed by atoms with Crippen LogP contribution in [-0.4, -0.2) is 30.2 Å². The molecule has 0 fully saturated rings. The first-order chi connectivity index (χ1) is 12.9. The maximum Gasteiger partial charge on any atom is 0.258 e. The summed E-state index contributed by atoms with van der Waals surface area (Å²) in [5.74, 6) is -1.02. The molecule has 0 aliphatic carbocycles. The van der Waals surface area contributed by atoms with E-state index in [-0.39, 0.29) is 23.9 Å². The molecule has 27 heavy (non-hydrogen) atoms. The molecule has 2 aromatic heterocycles. The van der Waals surface area contributed by atoms with Crippen LogP contribution in [0.1, 0.15) is 20.9 Å². The predicted molar refractivity (Wildman–Crippen MR) is 102 cm³/mol. The number of carbonyl (C=O) groups excluding carboxylic acids is 1. The normalized spacial score (nSPS) is 14.7. The number of sulfonamides is 1. The second kappa shape index (κ2) is 7.12. The van der Waals surface area contributed by atoms with Crippen LogP contribution in [0.15, 0.2) is 46.0 Å². The van der Waals surface area contributed by atoms with Gasteiger partial charge in [-0.2, -0.15) is 15.6 Å². The fraction of sp³-hybridized carbons (Fsp3) is 0.176. The Hall–Kier alpha value is -2.14. The van der Waals surface area contributed by atoms with Crippen molar-refractivity contribution in [2.45, 2.75) is 17.9 Å². The molecule has 0 saturated carbocycles. The summed E-state index contributed by atoms with van der Waals surface area (Å²) >= 11 is 2.67. The van der Waals surface area contributed by atoms with Crippen LogP contribution in [0.5, 0.6) is 0 Å². The highest BCUT2D eigenvalue weighted by Crippen LogP contribution is 2.31. The molecule has 1 aliphatic heterocycles. The van der Waals surface area contributed by atoms with E-state index in [9.17, 15) is 17.6 Å². The third-order valence-corrected chi connectivity index (χ3v) is 7.71. The minimum atomic E-state index is -3.93. The standard InChI is InChI=1S/C17H14FN3O3S3/c18-12-3-1-2-4-15(12)27(23,24)21-7-5-13-14(9-21)26-17(19-13)20-16(22)11-6-8-25-10-11/h1-4,6,8,10H,5,7,9H2,(H,19,20,22). The van der Waals surface area contributed by atoms with Crippen LogP contribution in [0.4, 0.5) is 9.52 Å². The monoisotopic (exact) mass is 423 g/mol. The van der Waals surface area contributed by atoms with Gasteiger partial charge in [-0.25, -0.2) is 17.8 Å². The number of benzene rings is 1. The van der Waals surface area contributed by atoms with Gasteiger partial charge in [0.15, 0.2) is 5.13 Å². The Morgan fingerprint density at radius 3 is 2.81 bits per heavy atom. The van der Waals surface area contributed by atoms with Crippen molar-refractivity contribution in [3.63, 3.8) is 0 Å². The summed E-state index contributed by atoms with van der Waals surface area (Å²) in [7, 11) is -3.93. The first-order valence-corrected chi connectivity index (χ1v) is 11.2. The maximum atomic E-state index is 14.0. The summed E-state index contributed by atoms with van der Waals surface area (Å²) in [6.07, 6.45) is 0.411. The van der Waals surface area contributed by atoms with Gasteiger partial charge < -0.3 is 0 Å². The molecule has 1 aliphatic rings. The lowest BCUT2D eigenvalue weighted by Crippen LogP contribution is -2.35. The summed E-state index contributed by atoms with van der Waals surface area (Å²) in [5, 5.41) is 6.73. The Labute approximate surface area is 163 Å². The van der Waals surface area contributed by atoms with Crippen molar-refractivity contribution in [1.29, 1.82) is 0 Å². The first kappa shape index (κ1) is 18.2. The van der Waals surface area contributed by atoms with Gasteiger partial charge in [-0.05, 0) is 23.6 Å². The highest BCUT2D eigenvalue weighted by Gasteiger charge is 2.32. The van der Waals surface area contributed by atoms with Gasteiger partial charge in [0, 0.05) is 23.2 Å². The van der Waals surface area contributed by atoms with Crippen molar-refractivity contribution in [3.05, 3.63) is 63.0 Å². The van der Waals surface area contributed by atoms with Gasteiger partial charge >= 0.3 is 0 Å². The Balaban J connectivity index is 1.54. The number of nitrogens with one attached hydrogen (secondary N) is 1. The predicted octanol–water partition coefficient (Wildman–Crippen LogP) is 3.34. The average molecular weight is 424 g/mol. The number of nitrogens with zero attached hydrogens (tertiary/aromatic N) is 2. The van der Waals surface area contributed by atoms with Gasteiger partial charge in [-0.15, -0.1) is 11.3 Å². The van der Waals surface area contributed by atoms with Gasteiger partial charge in [0.05, 0.1) is 17.8 Å². The molecule has 0 saturated heterocycles. The van der Waals surface area contributed by atoms with Crippen molar-refractivity contribution in [1.82, 2.24) is 9.29 Å². The van der Waals surface area contributed by atoms with E-state index in [1.54, 1.807) is 11.4 Å². The Morgan fingerprint density at radius 2 is 2.07 bits per heavy atom. The van der Waals surface area contributed by atoms with Crippen LogP contribution < -0.4 is 5.32 Å². The zero-order valence-electron chi connectivity index (χ0n) is 13.9. The molecule has 10 heteroatoms. The Bertz CT molecular complexity index is 1090. The summed E-state index contributed by atoms with van der Waals surface area (Å²) < 4.78 is 40.7. The van der Waals surface area contributed by atoms with Crippen molar-refractivity contribution in [2.24, 2.45) is 0 Å². The zero-order chi connectivity index (χ0) is 19.0. The molecule has 1 N–H and O–H groups in total. The summed E-state index contributed by atoms with van der Waals surface area (Å²) in [6.45, 7) is 0.323. The lowest BCUT2D eigenvalue weighted by atomic mass is 10.2. The fourth-order valence-corrected chi connectivity index (χ4v) is 6.00. The third kappa shape index (κ3) is 3.53. The number of hydrogen-bond donors (Lipinski definition) is 1. The molecule has 0 unspecified atom stereocenters. The molecule has 4 rings (SSSR count). The fourth-order valence-electron chi connectivity index (χ4n) is 2.79. The third-order valence-electron chi connectivity index (χ3n) is 4.15. The number of anilines is 1. The first-order valence-electron chi connectivity index (χ1n) is 8.02. The van der Waals surface area contributed by atoms with Gasteiger partial charge in [-0.1, -0.05) is 12.1 Å². The van der Waals surface area contributed by atoms with Crippen LogP contribution in [0, 0.1) is 5.82 Å². The van der Waals surface area contributed by atoms with Gasteiger partial charge in [0.1, 0.15) is 10.7 Å². The van der Waals surface area contributed by atoms with Crippen molar-refractivity contribution in [3.8, 4) is 0 Å². The van der Waals surface area contributed by atoms with E-state index in [1.807, 2.05) is 5.38 Å². The van der Waals surface area contributed by atoms with Crippen LogP contribution in [-0.2, 0) is 23.0 Å². The molecular weight excluding hydrogens is 409 g/mol. The van der Waals surface area contributed by atoms with E-state index in [4.69, 9.17) is 0 Å². The number of rotatable bonds is 4. The van der Waals surface area contributed by atoms with Crippen LogP contribution in [0.25, 0.3) is 0 Å². The molecule has 140 valence electrons. The smallest absolute Gasteiger partial charge is 0.258 e. The number of aromatic nitrogens is 1. The van der Waals surface area contributed by atoms with Crippen LogP contribution >= 0.6 is 22.7 Å². The molecule has 6 nitrogen and oxygen atoms in total. The summed E-state index contributed by atoms with van der Waals surface area (Å²) in [6, 6.07) is 7.06. The number of carbonyl (C=O) groups is 1. The van der Waals surface area contributed by atoms with E-state index < -0.39 is 15.8 Å². The molecular formula is C17H14FN3O3S3. The molecule has 3 aromatic rings. The largest absolute Gasteiger partial charge is 0.298 e. The summed E-state index contributed by atoms with van der Waals surface area (Å²) in [4.78, 5) is 17.0. The highest BCUT2D eigenvalue weighted by molar-refractivity contribution is 7.89. The second-order valence-electron chi connectivity index (χ2n) is 5.87. The second-order valence-corrected chi connectivity index (χ2v) is 9.64. The van der Waals surface area contributed by atoms with Gasteiger partial charge in [0.25, 0.3) is 5.91 Å². The topological polar surface area (TPSA) is 79.4 Å². The average Bonchev–Trinajstić information content (AvgIpc) is 3.30. The van der Waals surface area contributed by atoms with E-state index in [0.29, 0.717) is 17.1 Å². The van der Waals surface area contributed by atoms with Gasteiger partial charge in [0.2, 0.25) is 10.0 Å². The van der Waals surface area contributed by atoms with Gasteiger partial charge in [-0.3, -0.25) is 10.1 Å². The van der Waals surface area contributed by atoms with Crippen LogP contribution in [0.2, 0.25) is 0 Å². The van der Waals surface area contributed by atoms with E-state index in [1.165, 1.54) is 45.2 Å². The molecule has 0 atom stereocenters. The van der Waals surface area contributed by atoms with Crippen LogP contribution in [0.3, 0.4) is 0 Å². The maximum absolute atomic E-state index is 14.0. The SMILES string of the molecule is O=C(Nc1nc2c(s1)CN(S(=O)(=O)c1ccccc1F)CC2)c1ccsc1.